The second-order valence-corrected chi connectivity index (χ2v) is 3.53. The fourth-order valence-corrected chi connectivity index (χ4v) is 1.56. The molecule has 0 saturated heterocycles. The summed E-state index contributed by atoms with van der Waals surface area (Å²) < 4.78 is 32.1. The maximum absolute atomic E-state index is 14.0. The lowest BCUT2D eigenvalue weighted by Crippen LogP contribution is -1.99. The van der Waals surface area contributed by atoms with Crippen LogP contribution in [0.5, 0.6) is 0 Å². The third-order valence-electron chi connectivity index (χ3n) is 2.36. The van der Waals surface area contributed by atoms with Gasteiger partial charge in [0.1, 0.15) is 17.5 Å². The molecule has 0 aliphatic carbocycles. The molecule has 2 rings (SSSR count). The van der Waals surface area contributed by atoms with Gasteiger partial charge in [-0.05, 0) is 12.1 Å². The number of nitrogen functional groups attached to an aromatic ring is 1. The van der Waals surface area contributed by atoms with Gasteiger partial charge in [-0.25, -0.2) is 8.78 Å². The van der Waals surface area contributed by atoms with Crippen molar-refractivity contribution in [3.05, 3.63) is 35.4 Å². The molecule has 17 heavy (non-hydrogen) atoms. The van der Waals surface area contributed by atoms with Crippen LogP contribution in [0.4, 0.5) is 14.6 Å². The van der Waals surface area contributed by atoms with Gasteiger partial charge in [0.25, 0.3) is 0 Å². The number of hydrogen-bond acceptors (Lipinski definition) is 3. The summed E-state index contributed by atoms with van der Waals surface area (Å²) in [6, 6.07) is 3.99. The normalized spacial score (nSPS) is 10.8. The van der Waals surface area contributed by atoms with Gasteiger partial charge in [0.2, 0.25) is 0 Å². The van der Waals surface area contributed by atoms with E-state index < -0.39 is 11.6 Å². The van der Waals surface area contributed by atoms with E-state index in [9.17, 15) is 8.78 Å². The van der Waals surface area contributed by atoms with Crippen molar-refractivity contribution in [2.75, 3.05) is 12.8 Å². The summed E-state index contributed by atoms with van der Waals surface area (Å²) in [6.07, 6.45) is 0. The van der Waals surface area contributed by atoms with Crippen LogP contribution in [0.2, 0.25) is 0 Å². The predicted molar refractivity (Wildman–Crippen MR) is 59.1 cm³/mol. The maximum Gasteiger partial charge on any atom is 0.145 e. The van der Waals surface area contributed by atoms with Gasteiger partial charge in [-0.3, -0.25) is 5.10 Å². The zero-order valence-corrected chi connectivity index (χ0v) is 9.13. The number of rotatable bonds is 3. The molecule has 0 bridgehead atoms. The van der Waals surface area contributed by atoms with Crippen molar-refractivity contribution in [2.45, 2.75) is 6.61 Å². The van der Waals surface area contributed by atoms with Crippen molar-refractivity contribution >= 4 is 5.82 Å². The first-order valence-electron chi connectivity index (χ1n) is 4.90. The van der Waals surface area contributed by atoms with E-state index in [0.29, 0.717) is 5.69 Å². The molecule has 0 saturated carbocycles. The number of H-pyrrole nitrogens is 1. The molecule has 2 aromatic rings. The smallest absolute Gasteiger partial charge is 0.145 e. The number of nitrogens with two attached hydrogens (primary N) is 1. The number of aromatic nitrogens is 2. The molecule has 1 aromatic heterocycles. The van der Waals surface area contributed by atoms with Gasteiger partial charge in [-0.1, -0.05) is 0 Å². The van der Waals surface area contributed by atoms with Gasteiger partial charge >= 0.3 is 0 Å². The zero-order chi connectivity index (χ0) is 12.4. The van der Waals surface area contributed by atoms with E-state index in [4.69, 9.17) is 10.5 Å². The van der Waals surface area contributed by atoms with E-state index in [1.165, 1.54) is 25.3 Å². The largest absolute Gasteiger partial charge is 0.382 e. The Morgan fingerprint density at radius 1 is 1.41 bits per heavy atom. The quantitative estimate of drug-likeness (QED) is 0.861. The number of nitrogens with one attached hydrogen (secondary N) is 1. The number of benzene rings is 1. The minimum absolute atomic E-state index is 0.113. The van der Waals surface area contributed by atoms with Crippen LogP contribution in [0.15, 0.2) is 18.2 Å². The highest BCUT2D eigenvalue weighted by Crippen LogP contribution is 2.26. The molecule has 0 amide bonds. The Morgan fingerprint density at radius 2 is 2.18 bits per heavy atom. The lowest BCUT2D eigenvalue weighted by atomic mass is 10.1. The van der Waals surface area contributed by atoms with Crippen LogP contribution in [0.3, 0.4) is 0 Å². The number of ether oxygens (including phenoxy) is 1. The Bertz CT molecular complexity index is 540. The Balaban J connectivity index is 2.52. The third kappa shape index (κ3) is 2.12. The molecule has 90 valence electrons. The number of nitrogens with zero attached hydrogens (tertiary/aromatic N) is 1. The van der Waals surface area contributed by atoms with Gasteiger partial charge < -0.3 is 10.5 Å². The Hall–Kier alpha value is -1.95. The molecule has 0 atom stereocenters. The Kier molecular flexibility index (Phi) is 3.06. The van der Waals surface area contributed by atoms with Crippen molar-refractivity contribution in [3.8, 4) is 11.3 Å². The monoisotopic (exact) mass is 239 g/mol. The van der Waals surface area contributed by atoms with E-state index in [-0.39, 0.29) is 23.6 Å². The van der Waals surface area contributed by atoms with Crippen LogP contribution in [0, 0.1) is 11.6 Å². The first-order chi connectivity index (χ1) is 8.13. The highest BCUT2D eigenvalue weighted by atomic mass is 19.1. The van der Waals surface area contributed by atoms with Gasteiger partial charge in [-0.2, -0.15) is 5.10 Å². The van der Waals surface area contributed by atoms with E-state index in [2.05, 4.69) is 10.2 Å². The number of methoxy groups -OCH3 is 1. The number of halogens is 2. The van der Waals surface area contributed by atoms with Crippen molar-refractivity contribution in [2.24, 2.45) is 0 Å². The minimum atomic E-state index is -0.671. The Labute approximate surface area is 96.4 Å². The minimum Gasteiger partial charge on any atom is -0.382 e. The first-order valence-corrected chi connectivity index (χ1v) is 4.90. The molecule has 0 aliphatic heterocycles. The molecule has 0 fully saturated rings. The molecule has 0 radical (unpaired) electrons. The van der Waals surface area contributed by atoms with E-state index >= 15 is 0 Å². The van der Waals surface area contributed by atoms with Gasteiger partial charge in [-0.15, -0.1) is 0 Å². The molecule has 4 nitrogen and oxygen atoms in total. The summed E-state index contributed by atoms with van der Waals surface area (Å²) in [5, 5.41) is 6.27. The Morgan fingerprint density at radius 3 is 2.76 bits per heavy atom. The standard InChI is InChI=1S/C11H11F2N3O/c1-17-5-7-8(12)3-2-6(11(7)13)9-4-10(14)16-15-9/h2-4H,5H2,1H3,(H3,14,15,16). The summed E-state index contributed by atoms with van der Waals surface area (Å²) in [5.74, 6) is -1.06. The van der Waals surface area contributed by atoms with E-state index in [1.807, 2.05) is 0 Å². The van der Waals surface area contributed by atoms with Crippen LogP contribution < -0.4 is 5.73 Å². The molecule has 1 aromatic carbocycles. The van der Waals surface area contributed by atoms with Gasteiger partial charge in [0.05, 0.1) is 12.3 Å². The van der Waals surface area contributed by atoms with Crippen LogP contribution in [0.25, 0.3) is 11.3 Å². The van der Waals surface area contributed by atoms with Gasteiger partial charge in [0, 0.05) is 24.3 Å². The van der Waals surface area contributed by atoms with E-state index in [1.54, 1.807) is 0 Å². The lowest BCUT2D eigenvalue weighted by molar-refractivity contribution is 0.177. The summed E-state index contributed by atoms with van der Waals surface area (Å²) in [6.45, 7) is -0.130. The SMILES string of the molecule is COCc1c(F)ccc(-c2cc(N)n[nH]2)c1F. The molecule has 3 N–H and O–H groups in total. The maximum atomic E-state index is 14.0. The predicted octanol–water partition coefficient (Wildman–Crippen LogP) is 2.08. The third-order valence-corrected chi connectivity index (χ3v) is 2.36. The molecule has 0 aliphatic rings. The van der Waals surface area contributed by atoms with Crippen molar-refractivity contribution in [1.29, 1.82) is 0 Å². The summed E-state index contributed by atoms with van der Waals surface area (Å²) >= 11 is 0. The zero-order valence-electron chi connectivity index (χ0n) is 9.13. The molecule has 0 unspecified atom stereocenters. The molecular weight excluding hydrogens is 228 g/mol. The van der Waals surface area contributed by atoms with Crippen molar-refractivity contribution in [3.63, 3.8) is 0 Å². The molecular formula is C11H11F2N3O. The summed E-state index contributed by atoms with van der Waals surface area (Å²) in [4.78, 5) is 0. The highest BCUT2D eigenvalue weighted by molar-refractivity contribution is 5.63. The lowest BCUT2D eigenvalue weighted by Gasteiger charge is -2.07. The molecule has 6 heteroatoms. The second-order valence-electron chi connectivity index (χ2n) is 3.53. The van der Waals surface area contributed by atoms with Crippen LogP contribution in [-0.2, 0) is 11.3 Å². The molecule has 0 spiro atoms. The van der Waals surface area contributed by atoms with Gasteiger partial charge in [0.15, 0.2) is 0 Å². The highest BCUT2D eigenvalue weighted by Gasteiger charge is 2.15. The van der Waals surface area contributed by atoms with Crippen LogP contribution >= 0.6 is 0 Å². The number of anilines is 1. The van der Waals surface area contributed by atoms with E-state index in [0.717, 1.165) is 0 Å². The number of hydrogen-bond donors (Lipinski definition) is 2. The summed E-state index contributed by atoms with van der Waals surface area (Å²) in [7, 11) is 1.37. The van der Waals surface area contributed by atoms with Crippen molar-refractivity contribution in [1.82, 2.24) is 10.2 Å². The average Bonchev–Trinajstić information content (AvgIpc) is 2.71. The number of aromatic amines is 1. The topological polar surface area (TPSA) is 63.9 Å². The average molecular weight is 239 g/mol. The fraction of sp³-hybridized carbons (Fsp3) is 0.182. The second kappa shape index (κ2) is 4.50. The van der Waals surface area contributed by atoms with Crippen LogP contribution in [-0.4, -0.2) is 17.3 Å². The fourth-order valence-electron chi connectivity index (χ4n) is 1.56. The summed E-state index contributed by atoms with van der Waals surface area (Å²) in [5.41, 5.74) is 5.93. The molecule has 1 heterocycles. The first kappa shape index (κ1) is 11.5. The van der Waals surface area contributed by atoms with Crippen LogP contribution in [0.1, 0.15) is 5.56 Å². The van der Waals surface area contributed by atoms with Crippen molar-refractivity contribution < 1.29 is 13.5 Å².